The first-order valence-corrected chi connectivity index (χ1v) is 10.7. The number of hydrogen-bond acceptors (Lipinski definition) is 4. The SMILES string of the molecule is Cc1ccc(Sc2ccccc2C2CCNCC2)cc1.O=C(O)CCCC(=O)O. The van der Waals surface area contributed by atoms with Gasteiger partial charge in [0.05, 0.1) is 0 Å². The average molecular weight is 416 g/mol. The predicted octanol–water partition coefficient (Wildman–Crippen LogP) is 4.94. The van der Waals surface area contributed by atoms with Crippen LogP contribution in [0.25, 0.3) is 0 Å². The van der Waals surface area contributed by atoms with Gasteiger partial charge in [-0.3, -0.25) is 9.59 Å². The van der Waals surface area contributed by atoms with Crippen LogP contribution < -0.4 is 5.32 Å². The molecule has 0 atom stereocenters. The van der Waals surface area contributed by atoms with Gasteiger partial charge in [-0.05, 0) is 69.0 Å². The van der Waals surface area contributed by atoms with Gasteiger partial charge in [-0.25, -0.2) is 0 Å². The Morgan fingerprint density at radius 3 is 2.14 bits per heavy atom. The summed E-state index contributed by atoms with van der Waals surface area (Å²) in [7, 11) is 0. The Kier molecular flexibility index (Phi) is 9.74. The lowest BCUT2D eigenvalue weighted by Gasteiger charge is -2.24. The van der Waals surface area contributed by atoms with Gasteiger partial charge in [-0.15, -0.1) is 0 Å². The molecule has 6 heteroatoms. The van der Waals surface area contributed by atoms with Crippen molar-refractivity contribution in [2.75, 3.05) is 13.1 Å². The molecular formula is C23H29NO4S. The minimum Gasteiger partial charge on any atom is -0.481 e. The molecule has 2 aromatic carbocycles. The van der Waals surface area contributed by atoms with Gasteiger partial charge in [0.25, 0.3) is 0 Å². The second-order valence-corrected chi connectivity index (χ2v) is 8.23. The van der Waals surface area contributed by atoms with Gasteiger partial charge < -0.3 is 15.5 Å². The summed E-state index contributed by atoms with van der Waals surface area (Å²) in [5.74, 6) is -1.18. The monoisotopic (exact) mass is 415 g/mol. The van der Waals surface area contributed by atoms with Gasteiger partial charge >= 0.3 is 11.9 Å². The van der Waals surface area contributed by atoms with E-state index in [0.29, 0.717) is 5.92 Å². The van der Waals surface area contributed by atoms with E-state index in [2.05, 4.69) is 60.8 Å². The van der Waals surface area contributed by atoms with Gasteiger partial charge in [0.15, 0.2) is 0 Å². The molecule has 3 N–H and O–H groups in total. The molecule has 156 valence electrons. The van der Waals surface area contributed by atoms with E-state index < -0.39 is 11.9 Å². The highest BCUT2D eigenvalue weighted by Gasteiger charge is 2.18. The van der Waals surface area contributed by atoms with Crippen LogP contribution in [0.4, 0.5) is 0 Å². The van der Waals surface area contributed by atoms with Gasteiger partial charge in [-0.2, -0.15) is 0 Å². The van der Waals surface area contributed by atoms with Crippen molar-refractivity contribution in [3.63, 3.8) is 0 Å². The summed E-state index contributed by atoms with van der Waals surface area (Å²) in [5.41, 5.74) is 2.85. The van der Waals surface area contributed by atoms with E-state index in [1.54, 1.807) is 0 Å². The molecule has 0 radical (unpaired) electrons. The lowest BCUT2D eigenvalue weighted by atomic mass is 9.90. The fourth-order valence-corrected chi connectivity index (χ4v) is 4.19. The lowest BCUT2D eigenvalue weighted by molar-refractivity contribution is -0.138. The summed E-state index contributed by atoms with van der Waals surface area (Å²) in [6, 6.07) is 17.7. The van der Waals surface area contributed by atoms with E-state index in [1.807, 2.05) is 11.8 Å². The Morgan fingerprint density at radius 2 is 1.55 bits per heavy atom. The number of nitrogens with one attached hydrogen (secondary N) is 1. The summed E-state index contributed by atoms with van der Waals surface area (Å²) in [6.07, 6.45) is 2.60. The van der Waals surface area contributed by atoms with E-state index in [-0.39, 0.29) is 19.3 Å². The maximum Gasteiger partial charge on any atom is 0.303 e. The third kappa shape index (κ3) is 8.71. The van der Waals surface area contributed by atoms with Crippen molar-refractivity contribution in [1.82, 2.24) is 5.32 Å². The molecule has 1 aliphatic heterocycles. The summed E-state index contributed by atoms with van der Waals surface area (Å²) < 4.78 is 0. The molecule has 1 fully saturated rings. The fourth-order valence-electron chi connectivity index (χ4n) is 3.17. The fraction of sp³-hybridized carbons (Fsp3) is 0.391. The van der Waals surface area contributed by atoms with Crippen molar-refractivity contribution in [1.29, 1.82) is 0 Å². The molecular weight excluding hydrogens is 386 g/mol. The van der Waals surface area contributed by atoms with Crippen molar-refractivity contribution in [3.8, 4) is 0 Å². The normalized spacial score (nSPS) is 14.0. The number of rotatable bonds is 7. The zero-order valence-corrected chi connectivity index (χ0v) is 17.6. The molecule has 0 spiro atoms. The average Bonchev–Trinajstić information content (AvgIpc) is 2.71. The first kappa shape index (κ1) is 23.0. The van der Waals surface area contributed by atoms with Crippen LogP contribution in [0.2, 0.25) is 0 Å². The molecule has 0 unspecified atom stereocenters. The molecule has 1 saturated heterocycles. The third-order valence-corrected chi connectivity index (χ3v) is 5.83. The summed E-state index contributed by atoms with van der Waals surface area (Å²) in [4.78, 5) is 22.3. The van der Waals surface area contributed by atoms with Crippen molar-refractivity contribution in [3.05, 3.63) is 59.7 Å². The predicted molar refractivity (Wildman–Crippen MR) is 116 cm³/mol. The molecule has 0 bridgehead atoms. The number of carboxylic acid groups (broad SMARTS) is 2. The van der Waals surface area contributed by atoms with E-state index in [0.717, 1.165) is 13.1 Å². The van der Waals surface area contributed by atoms with Gasteiger partial charge in [-0.1, -0.05) is 47.7 Å². The van der Waals surface area contributed by atoms with Crippen LogP contribution in [0.3, 0.4) is 0 Å². The lowest BCUT2D eigenvalue weighted by Crippen LogP contribution is -2.26. The smallest absolute Gasteiger partial charge is 0.303 e. The molecule has 0 saturated carbocycles. The Morgan fingerprint density at radius 1 is 0.966 bits per heavy atom. The van der Waals surface area contributed by atoms with Crippen molar-refractivity contribution >= 4 is 23.7 Å². The third-order valence-electron chi connectivity index (χ3n) is 4.73. The van der Waals surface area contributed by atoms with Crippen LogP contribution in [0.15, 0.2) is 58.3 Å². The second kappa shape index (κ2) is 12.3. The Balaban J connectivity index is 0.000000284. The Bertz CT molecular complexity index is 772. The Hall–Kier alpha value is -2.31. The standard InChI is InChI=1S/C18H21NS.C5H8O4/c1-14-6-8-16(9-7-14)20-18-5-3-2-4-17(18)15-10-12-19-13-11-15;6-4(7)2-1-3-5(8)9/h2-9,15,19H,10-13H2,1H3;1-3H2,(H,6,7)(H,8,9). The van der Waals surface area contributed by atoms with Crippen molar-refractivity contribution in [2.24, 2.45) is 0 Å². The number of carbonyl (C=O) groups is 2. The molecule has 0 aromatic heterocycles. The zero-order valence-electron chi connectivity index (χ0n) is 16.8. The van der Waals surface area contributed by atoms with E-state index >= 15 is 0 Å². The molecule has 1 heterocycles. The highest BCUT2D eigenvalue weighted by atomic mass is 32.2. The molecule has 3 rings (SSSR count). The number of hydrogen-bond donors (Lipinski definition) is 3. The quantitative estimate of drug-likeness (QED) is 0.594. The van der Waals surface area contributed by atoms with E-state index in [1.165, 1.54) is 33.8 Å². The highest BCUT2D eigenvalue weighted by molar-refractivity contribution is 7.99. The van der Waals surface area contributed by atoms with Crippen LogP contribution >= 0.6 is 11.8 Å². The van der Waals surface area contributed by atoms with Gasteiger partial charge in [0.2, 0.25) is 0 Å². The highest BCUT2D eigenvalue weighted by Crippen LogP contribution is 2.36. The minimum atomic E-state index is -0.948. The largest absolute Gasteiger partial charge is 0.481 e. The second-order valence-electron chi connectivity index (χ2n) is 7.12. The number of aliphatic carboxylic acids is 2. The molecule has 1 aliphatic rings. The summed E-state index contributed by atoms with van der Waals surface area (Å²) in [5, 5.41) is 19.5. The van der Waals surface area contributed by atoms with Gasteiger partial charge in [0.1, 0.15) is 0 Å². The molecule has 0 amide bonds. The van der Waals surface area contributed by atoms with Crippen molar-refractivity contribution in [2.45, 2.75) is 54.7 Å². The van der Waals surface area contributed by atoms with Crippen LogP contribution in [0.5, 0.6) is 0 Å². The molecule has 0 aliphatic carbocycles. The summed E-state index contributed by atoms with van der Waals surface area (Å²) >= 11 is 1.90. The summed E-state index contributed by atoms with van der Waals surface area (Å²) in [6.45, 7) is 4.43. The Labute approximate surface area is 176 Å². The first-order valence-electron chi connectivity index (χ1n) is 9.93. The first-order chi connectivity index (χ1) is 14.0. The van der Waals surface area contributed by atoms with Crippen LogP contribution in [0.1, 0.15) is 49.1 Å². The minimum absolute atomic E-state index is 0.0632. The molecule has 29 heavy (non-hydrogen) atoms. The van der Waals surface area contributed by atoms with Crippen LogP contribution in [-0.4, -0.2) is 35.2 Å². The van der Waals surface area contributed by atoms with E-state index in [9.17, 15) is 9.59 Å². The van der Waals surface area contributed by atoms with Crippen molar-refractivity contribution < 1.29 is 19.8 Å². The molecule has 2 aromatic rings. The number of benzene rings is 2. The number of piperidine rings is 1. The number of carboxylic acids is 2. The van der Waals surface area contributed by atoms with Gasteiger partial charge in [0, 0.05) is 22.6 Å². The van der Waals surface area contributed by atoms with Crippen LogP contribution in [-0.2, 0) is 9.59 Å². The zero-order chi connectivity index (χ0) is 21.1. The maximum atomic E-state index is 9.79. The van der Waals surface area contributed by atoms with Crippen LogP contribution in [0, 0.1) is 6.92 Å². The van der Waals surface area contributed by atoms with E-state index in [4.69, 9.17) is 10.2 Å². The maximum absolute atomic E-state index is 9.79. The number of aryl methyl sites for hydroxylation is 1. The topological polar surface area (TPSA) is 86.6 Å². The molecule has 5 nitrogen and oxygen atoms in total.